The molecule has 0 fully saturated rings. The van der Waals surface area contributed by atoms with Gasteiger partial charge in [-0.15, -0.1) is 0 Å². The minimum atomic E-state index is 0.585. The number of unbranched alkanes of at least 4 members (excludes halogenated alkanes) is 1. The summed E-state index contributed by atoms with van der Waals surface area (Å²) in [5.74, 6) is 3.09. The summed E-state index contributed by atoms with van der Waals surface area (Å²) in [6, 6.07) is 10.6. The molecule has 5 nitrogen and oxygen atoms in total. The molecule has 26 heavy (non-hydrogen) atoms. The minimum absolute atomic E-state index is 0.585. The Kier molecular flexibility index (Phi) is 9.72. The first-order valence-electron chi connectivity index (χ1n) is 9.38. The minimum Gasteiger partial charge on any atom is -0.357 e. The third-order valence-corrected chi connectivity index (χ3v) is 4.77. The van der Waals surface area contributed by atoms with E-state index in [1.165, 1.54) is 17.7 Å². The lowest BCUT2D eigenvalue weighted by atomic mass is 10.1. The van der Waals surface area contributed by atoms with E-state index in [0.717, 1.165) is 44.3 Å². The Morgan fingerprint density at radius 3 is 2.81 bits per heavy atom. The van der Waals surface area contributed by atoms with Gasteiger partial charge in [-0.2, -0.15) is 11.8 Å². The molecule has 2 rings (SSSR count). The molecule has 0 bridgehead atoms. The highest BCUT2D eigenvalue weighted by atomic mass is 32.2. The van der Waals surface area contributed by atoms with Gasteiger partial charge in [0.2, 0.25) is 0 Å². The summed E-state index contributed by atoms with van der Waals surface area (Å²) in [4.78, 5) is 9.17. The fraction of sp³-hybridized carbons (Fsp3) is 0.500. The first-order chi connectivity index (χ1) is 12.8. The number of rotatable bonds is 11. The summed E-state index contributed by atoms with van der Waals surface area (Å²) in [6.45, 7) is 5.41. The Morgan fingerprint density at radius 2 is 2.04 bits per heavy atom. The van der Waals surface area contributed by atoms with Crippen LogP contribution in [-0.2, 0) is 19.5 Å². The predicted octanol–water partition coefficient (Wildman–Crippen LogP) is 3.32. The van der Waals surface area contributed by atoms with E-state index in [9.17, 15) is 0 Å². The molecule has 0 aliphatic rings. The van der Waals surface area contributed by atoms with Crippen LogP contribution in [0.5, 0.6) is 0 Å². The van der Waals surface area contributed by atoms with Crippen molar-refractivity contribution in [2.75, 3.05) is 25.1 Å². The molecule has 0 atom stereocenters. The summed E-state index contributed by atoms with van der Waals surface area (Å²) in [5, 5.41) is 6.72. The van der Waals surface area contributed by atoms with Crippen LogP contribution in [-0.4, -0.2) is 40.6 Å². The molecule has 0 unspecified atom stereocenters. The van der Waals surface area contributed by atoms with Crippen LogP contribution >= 0.6 is 11.8 Å². The zero-order valence-electron chi connectivity index (χ0n) is 15.9. The van der Waals surface area contributed by atoms with Crippen molar-refractivity contribution < 1.29 is 0 Å². The number of aromatic nitrogens is 2. The van der Waals surface area contributed by atoms with E-state index >= 15 is 0 Å². The molecule has 6 heteroatoms. The van der Waals surface area contributed by atoms with Gasteiger partial charge in [-0.05, 0) is 43.8 Å². The van der Waals surface area contributed by atoms with E-state index in [4.69, 9.17) is 4.99 Å². The van der Waals surface area contributed by atoms with Crippen molar-refractivity contribution in [3.8, 4) is 0 Å². The standard InChI is InChI=1S/C20H31N5S/c1-3-21-20(23-12-7-8-16-26-2)24-17-19-22-13-15-25(19)14-11-18-9-5-4-6-10-18/h4-6,9-10,13,15H,3,7-8,11-12,14,16-17H2,1-2H3,(H2,21,23,24). The van der Waals surface area contributed by atoms with Crippen molar-refractivity contribution in [1.29, 1.82) is 0 Å². The highest BCUT2D eigenvalue weighted by Gasteiger charge is 2.04. The number of guanidine groups is 1. The third-order valence-electron chi connectivity index (χ3n) is 4.08. The summed E-state index contributed by atoms with van der Waals surface area (Å²) in [6.07, 6.45) is 9.45. The van der Waals surface area contributed by atoms with Crippen molar-refractivity contribution in [3.05, 3.63) is 54.1 Å². The van der Waals surface area contributed by atoms with Gasteiger partial charge in [0, 0.05) is 32.0 Å². The first kappa shape index (κ1) is 20.4. The lowest BCUT2D eigenvalue weighted by Gasteiger charge is -2.11. The number of nitrogens with zero attached hydrogens (tertiary/aromatic N) is 3. The van der Waals surface area contributed by atoms with Gasteiger partial charge in [-0.25, -0.2) is 9.98 Å². The number of hydrogen-bond donors (Lipinski definition) is 2. The zero-order chi connectivity index (χ0) is 18.5. The van der Waals surface area contributed by atoms with E-state index in [-0.39, 0.29) is 0 Å². The average molecular weight is 374 g/mol. The van der Waals surface area contributed by atoms with Gasteiger partial charge in [0.1, 0.15) is 12.4 Å². The fourth-order valence-corrected chi connectivity index (χ4v) is 3.15. The Bertz CT molecular complexity index is 639. The van der Waals surface area contributed by atoms with Crippen LogP contribution in [0.4, 0.5) is 0 Å². The second-order valence-electron chi connectivity index (χ2n) is 6.09. The number of aliphatic imine (C=N–C) groups is 1. The molecule has 1 aromatic heterocycles. The molecule has 0 radical (unpaired) electrons. The average Bonchev–Trinajstić information content (AvgIpc) is 3.12. The van der Waals surface area contributed by atoms with E-state index < -0.39 is 0 Å². The largest absolute Gasteiger partial charge is 0.357 e. The Morgan fingerprint density at radius 1 is 1.19 bits per heavy atom. The van der Waals surface area contributed by atoms with Crippen LogP contribution in [0.2, 0.25) is 0 Å². The Hall–Kier alpha value is -1.95. The molecule has 0 aliphatic heterocycles. The van der Waals surface area contributed by atoms with E-state index in [2.05, 4.69) is 63.7 Å². The molecule has 2 aromatic rings. The highest BCUT2D eigenvalue weighted by molar-refractivity contribution is 7.98. The van der Waals surface area contributed by atoms with Crippen LogP contribution in [0, 0.1) is 0 Å². The number of hydrogen-bond acceptors (Lipinski definition) is 3. The number of aryl methyl sites for hydroxylation is 2. The smallest absolute Gasteiger partial charge is 0.191 e. The van der Waals surface area contributed by atoms with E-state index in [0.29, 0.717) is 6.54 Å². The Labute approximate surface area is 161 Å². The van der Waals surface area contributed by atoms with Gasteiger partial charge in [0.15, 0.2) is 5.96 Å². The van der Waals surface area contributed by atoms with Gasteiger partial charge in [0.25, 0.3) is 0 Å². The maximum atomic E-state index is 4.70. The summed E-state index contributed by atoms with van der Waals surface area (Å²) in [7, 11) is 0. The van der Waals surface area contributed by atoms with Crippen molar-refractivity contribution in [2.45, 2.75) is 39.3 Å². The van der Waals surface area contributed by atoms with E-state index in [1.54, 1.807) is 0 Å². The molecule has 142 valence electrons. The molecular weight excluding hydrogens is 342 g/mol. The van der Waals surface area contributed by atoms with Gasteiger partial charge < -0.3 is 15.2 Å². The van der Waals surface area contributed by atoms with Crippen LogP contribution in [0.25, 0.3) is 0 Å². The second kappa shape index (κ2) is 12.4. The van der Waals surface area contributed by atoms with Crippen LogP contribution in [0.15, 0.2) is 47.7 Å². The van der Waals surface area contributed by atoms with Gasteiger partial charge in [-0.3, -0.25) is 0 Å². The number of thioether (sulfide) groups is 1. The monoisotopic (exact) mass is 373 g/mol. The number of benzene rings is 1. The third kappa shape index (κ3) is 7.52. The summed E-state index contributed by atoms with van der Waals surface area (Å²) < 4.78 is 2.19. The maximum Gasteiger partial charge on any atom is 0.191 e. The lowest BCUT2D eigenvalue weighted by Crippen LogP contribution is -2.37. The second-order valence-corrected chi connectivity index (χ2v) is 7.08. The fourth-order valence-electron chi connectivity index (χ4n) is 2.66. The van der Waals surface area contributed by atoms with E-state index in [1.807, 2.05) is 24.2 Å². The summed E-state index contributed by atoms with van der Waals surface area (Å²) >= 11 is 1.90. The molecule has 2 N–H and O–H groups in total. The van der Waals surface area contributed by atoms with Gasteiger partial charge in [-0.1, -0.05) is 30.3 Å². The molecule has 0 saturated heterocycles. The zero-order valence-corrected chi connectivity index (χ0v) is 16.8. The normalized spacial score (nSPS) is 11.5. The highest BCUT2D eigenvalue weighted by Crippen LogP contribution is 2.05. The maximum absolute atomic E-state index is 4.70. The molecule has 1 aromatic carbocycles. The molecule has 0 amide bonds. The predicted molar refractivity (Wildman–Crippen MR) is 113 cm³/mol. The van der Waals surface area contributed by atoms with Crippen molar-refractivity contribution in [3.63, 3.8) is 0 Å². The molecule has 0 aliphatic carbocycles. The topological polar surface area (TPSA) is 54.2 Å². The molecule has 1 heterocycles. The SMILES string of the molecule is CCNC(=NCc1nccn1CCc1ccccc1)NCCCCSC. The summed E-state index contributed by atoms with van der Waals surface area (Å²) in [5.41, 5.74) is 1.34. The first-order valence-corrected chi connectivity index (χ1v) is 10.8. The van der Waals surface area contributed by atoms with Crippen LogP contribution < -0.4 is 10.6 Å². The lowest BCUT2D eigenvalue weighted by molar-refractivity contribution is 0.649. The van der Waals surface area contributed by atoms with Gasteiger partial charge in [0.05, 0.1) is 0 Å². The van der Waals surface area contributed by atoms with Crippen molar-refractivity contribution >= 4 is 17.7 Å². The molecule has 0 spiro atoms. The molecule has 0 saturated carbocycles. The quantitative estimate of drug-likeness (QED) is 0.360. The van der Waals surface area contributed by atoms with Crippen LogP contribution in [0.3, 0.4) is 0 Å². The van der Waals surface area contributed by atoms with Crippen LogP contribution in [0.1, 0.15) is 31.2 Å². The number of imidazole rings is 1. The van der Waals surface area contributed by atoms with Crippen molar-refractivity contribution in [1.82, 2.24) is 20.2 Å². The molecular formula is C20H31N5S. The number of nitrogens with one attached hydrogen (secondary N) is 2. The Balaban J connectivity index is 1.85. The van der Waals surface area contributed by atoms with Crippen molar-refractivity contribution in [2.24, 2.45) is 4.99 Å². The van der Waals surface area contributed by atoms with Gasteiger partial charge >= 0.3 is 0 Å².